The highest BCUT2D eigenvalue weighted by molar-refractivity contribution is 7.10. The van der Waals surface area contributed by atoms with E-state index in [2.05, 4.69) is 17.4 Å². The van der Waals surface area contributed by atoms with Crippen LogP contribution in [0.5, 0.6) is 0 Å². The van der Waals surface area contributed by atoms with Crippen LogP contribution in [0.1, 0.15) is 46.9 Å². The van der Waals surface area contributed by atoms with Gasteiger partial charge in [0, 0.05) is 17.3 Å². The third kappa shape index (κ3) is 4.18. The summed E-state index contributed by atoms with van der Waals surface area (Å²) < 4.78 is 5.59. The first-order valence-corrected chi connectivity index (χ1v) is 12.6. The largest absolute Gasteiger partial charge is 0.479 e. The summed E-state index contributed by atoms with van der Waals surface area (Å²) in [6.45, 7) is 2.22. The van der Waals surface area contributed by atoms with Gasteiger partial charge in [-0.1, -0.05) is 55.5 Å². The van der Waals surface area contributed by atoms with Gasteiger partial charge in [0.2, 0.25) is 5.91 Å². The van der Waals surface area contributed by atoms with E-state index in [0.717, 1.165) is 27.1 Å². The number of ether oxygens (including phenoxy) is 1. The number of alkyl carbamates (subject to hydrolysis) is 1. The predicted octanol–water partition coefficient (Wildman–Crippen LogP) is 4.58. The first-order valence-electron chi connectivity index (χ1n) is 11.7. The molecule has 8 heteroatoms. The normalized spacial score (nSPS) is 17.2. The minimum atomic E-state index is -1.08. The van der Waals surface area contributed by atoms with E-state index < -0.39 is 30.1 Å². The lowest BCUT2D eigenvalue weighted by atomic mass is 9.98. The van der Waals surface area contributed by atoms with Crippen molar-refractivity contribution in [1.82, 2.24) is 10.2 Å². The van der Waals surface area contributed by atoms with E-state index in [1.54, 1.807) is 13.0 Å². The molecule has 0 bridgehead atoms. The molecule has 1 aromatic heterocycles. The number of hydrogen-bond acceptors (Lipinski definition) is 5. The minimum Gasteiger partial charge on any atom is -0.479 e. The van der Waals surface area contributed by atoms with Crippen molar-refractivity contribution >= 4 is 29.3 Å². The number of aliphatic carboxylic acids is 1. The molecule has 1 aliphatic carbocycles. The Bertz CT molecular complexity index is 1240. The molecule has 2 aliphatic rings. The number of fused-ring (bicyclic) bond motifs is 4. The van der Waals surface area contributed by atoms with Crippen LogP contribution in [-0.2, 0) is 20.7 Å². The standard InChI is InChI=1S/C27H26N2O5S/c1-2-22(25(30)29-13-11-23-20(12-14-35-23)24(29)26(31)32)28-27(33)34-15-21-18-9-5-3-7-16(18)17-8-4-6-10-19(17)21/h3-10,12,14,21-22,24H,2,11,13,15H2,1H3,(H,28,33)(H,31,32)/t22-,24?/m1/s1. The molecular weight excluding hydrogens is 464 g/mol. The molecule has 2 amide bonds. The number of nitrogens with zero attached hydrogens (tertiary/aromatic N) is 1. The molecule has 0 radical (unpaired) electrons. The number of carboxylic acid groups (broad SMARTS) is 1. The first kappa shape index (κ1) is 23.1. The molecular formula is C27H26N2O5S. The monoisotopic (exact) mass is 490 g/mol. The van der Waals surface area contributed by atoms with Gasteiger partial charge >= 0.3 is 12.1 Å². The number of amides is 2. The summed E-state index contributed by atoms with van der Waals surface area (Å²) in [5.74, 6) is -1.57. The van der Waals surface area contributed by atoms with Gasteiger partial charge in [0.1, 0.15) is 12.6 Å². The average Bonchev–Trinajstić information content (AvgIpc) is 3.47. The summed E-state index contributed by atoms with van der Waals surface area (Å²) >= 11 is 1.50. The molecule has 7 nitrogen and oxygen atoms in total. The fourth-order valence-corrected chi connectivity index (χ4v) is 6.04. The molecule has 2 N–H and O–H groups in total. The molecule has 3 aromatic rings. The quantitative estimate of drug-likeness (QED) is 0.528. The second kappa shape index (κ2) is 9.54. The smallest absolute Gasteiger partial charge is 0.407 e. The zero-order chi connectivity index (χ0) is 24.5. The van der Waals surface area contributed by atoms with E-state index in [1.165, 1.54) is 16.2 Å². The summed E-state index contributed by atoms with van der Waals surface area (Å²) in [6, 6.07) is 16.0. The van der Waals surface area contributed by atoms with Gasteiger partial charge in [-0.2, -0.15) is 0 Å². The van der Waals surface area contributed by atoms with Crippen LogP contribution in [0.25, 0.3) is 11.1 Å². The molecule has 1 unspecified atom stereocenters. The summed E-state index contributed by atoms with van der Waals surface area (Å²) in [6.07, 6.45) is 0.235. The number of carbonyl (C=O) groups excluding carboxylic acids is 2. The van der Waals surface area contributed by atoms with E-state index in [0.29, 0.717) is 24.9 Å². The maximum Gasteiger partial charge on any atom is 0.407 e. The molecule has 180 valence electrons. The zero-order valence-corrected chi connectivity index (χ0v) is 20.1. The Morgan fingerprint density at radius 2 is 1.71 bits per heavy atom. The van der Waals surface area contributed by atoms with Gasteiger partial charge in [0.15, 0.2) is 6.04 Å². The third-order valence-corrected chi connectivity index (χ3v) is 7.82. The molecule has 0 saturated heterocycles. The van der Waals surface area contributed by atoms with Crippen molar-refractivity contribution in [3.05, 3.63) is 81.5 Å². The maximum absolute atomic E-state index is 13.3. The van der Waals surface area contributed by atoms with Gasteiger partial charge in [-0.3, -0.25) is 4.79 Å². The van der Waals surface area contributed by atoms with E-state index in [4.69, 9.17) is 4.74 Å². The maximum atomic E-state index is 13.3. The van der Waals surface area contributed by atoms with Gasteiger partial charge in [-0.05, 0) is 52.1 Å². The average molecular weight is 491 g/mol. The van der Waals surface area contributed by atoms with Gasteiger partial charge in [-0.15, -0.1) is 11.3 Å². The second-order valence-electron chi connectivity index (χ2n) is 8.75. The number of carboxylic acids is 1. The van der Waals surface area contributed by atoms with Crippen molar-refractivity contribution in [3.8, 4) is 11.1 Å². The molecule has 2 aromatic carbocycles. The summed E-state index contributed by atoms with van der Waals surface area (Å²) in [7, 11) is 0. The van der Waals surface area contributed by atoms with Crippen molar-refractivity contribution in [2.75, 3.05) is 13.2 Å². The minimum absolute atomic E-state index is 0.0839. The Morgan fingerprint density at radius 3 is 2.34 bits per heavy atom. The van der Waals surface area contributed by atoms with Crippen LogP contribution in [0, 0.1) is 0 Å². The molecule has 0 saturated carbocycles. The van der Waals surface area contributed by atoms with Gasteiger partial charge in [-0.25, -0.2) is 9.59 Å². The molecule has 2 atom stereocenters. The van der Waals surface area contributed by atoms with E-state index in [-0.39, 0.29) is 12.5 Å². The van der Waals surface area contributed by atoms with Crippen molar-refractivity contribution in [2.24, 2.45) is 0 Å². The molecule has 1 aliphatic heterocycles. The predicted molar refractivity (Wildman–Crippen MR) is 132 cm³/mol. The van der Waals surface area contributed by atoms with E-state index in [9.17, 15) is 19.5 Å². The number of benzene rings is 2. The number of hydrogen-bond donors (Lipinski definition) is 2. The van der Waals surface area contributed by atoms with Crippen LogP contribution < -0.4 is 5.32 Å². The van der Waals surface area contributed by atoms with E-state index >= 15 is 0 Å². The highest BCUT2D eigenvalue weighted by atomic mass is 32.1. The highest BCUT2D eigenvalue weighted by Crippen LogP contribution is 2.44. The Hall–Kier alpha value is -3.65. The molecule has 35 heavy (non-hydrogen) atoms. The van der Waals surface area contributed by atoms with Crippen LogP contribution in [0.3, 0.4) is 0 Å². The number of rotatable bonds is 6. The number of carbonyl (C=O) groups is 3. The van der Waals surface area contributed by atoms with Crippen LogP contribution >= 0.6 is 11.3 Å². The van der Waals surface area contributed by atoms with Crippen LogP contribution in [0.15, 0.2) is 60.0 Å². The molecule has 2 heterocycles. The SMILES string of the molecule is CC[C@@H](NC(=O)OCC1c2ccccc2-c2ccccc21)C(=O)N1CCc2sccc2C1C(=O)O. The Labute approximate surface area is 207 Å². The van der Waals surface area contributed by atoms with Crippen LogP contribution in [-0.4, -0.2) is 47.2 Å². The van der Waals surface area contributed by atoms with Crippen LogP contribution in [0.4, 0.5) is 4.79 Å². The fourth-order valence-electron chi connectivity index (χ4n) is 5.14. The Kier molecular flexibility index (Phi) is 6.30. The molecule has 0 fully saturated rings. The van der Waals surface area contributed by atoms with Gasteiger partial charge < -0.3 is 20.1 Å². The lowest BCUT2D eigenvalue weighted by molar-refractivity contribution is -0.152. The zero-order valence-electron chi connectivity index (χ0n) is 19.3. The van der Waals surface area contributed by atoms with Crippen molar-refractivity contribution in [1.29, 1.82) is 0 Å². The van der Waals surface area contributed by atoms with Crippen molar-refractivity contribution in [2.45, 2.75) is 37.8 Å². The summed E-state index contributed by atoms with van der Waals surface area (Å²) in [4.78, 5) is 40.4. The lowest BCUT2D eigenvalue weighted by Gasteiger charge is -2.35. The second-order valence-corrected chi connectivity index (χ2v) is 9.75. The van der Waals surface area contributed by atoms with Crippen LogP contribution in [0.2, 0.25) is 0 Å². The highest BCUT2D eigenvalue weighted by Gasteiger charge is 2.39. The fraction of sp³-hybridized carbons (Fsp3) is 0.296. The molecule has 0 spiro atoms. The van der Waals surface area contributed by atoms with Crippen molar-refractivity contribution in [3.63, 3.8) is 0 Å². The summed E-state index contributed by atoms with van der Waals surface area (Å²) in [5, 5.41) is 14.3. The van der Waals surface area contributed by atoms with Gasteiger partial charge in [0.05, 0.1) is 0 Å². The third-order valence-electron chi connectivity index (χ3n) is 6.82. The Balaban J connectivity index is 1.27. The Morgan fingerprint density at radius 1 is 1.06 bits per heavy atom. The van der Waals surface area contributed by atoms with E-state index in [1.807, 2.05) is 41.8 Å². The molecule has 5 rings (SSSR count). The topological polar surface area (TPSA) is 95.9 Å². The lowest BCUT2D eigenvalue weighted by Crippen LogP contribution is -2.52. The number of thiophene rings is 1. The summed E-state index contributed by atoms with van der Waals surface area (Å²) in [5.41, 5.74) is 5.13. The number of nitrogens with one attached hydrogen (secondary N) is 1. The van der Waals surface area contributed by atoms with Gasteiger partial charge in [0.25, 0.3) is 0 Å². The first-order chi connectivity index (χ1) is 17.0. The van der Waals surface area contributed by atoms with Crippen molar-refractivity contribution < 1.29 is 24.2 Å².